The number of carbonyl (C=O) groups excluding carboxylic acids is 1. The lowest BCUT2D eigenvalue weighted by molar-refractivity contribution is 0.102. The molecule has 3 N–H and O–H groups in total. The van der Waals surface area contributed by atoms with Gasteiger partial charge in [0.15, 0.2) is 0 Å². The Hall–Kier alpha value is -1.72. The summed E-state index contributed by atoms with van der Waals surface area (Å²) >= 11 is 8.39. The molecule has 2 aromatic carbocycles. The summed E-state index contributed by atoms with van der Waals surface area (Å²) < 4.78 is 0.845. The topological polar surface area (TPSA) is 55.1 Å². The molecular weight excluding hydrogens is 348 g/mol. The summed E-state index contributed by atoms with van der Waals surface area (Å²) in [5, 5.41) is 2.86. The molecular formula is C16H15BrN2OS. The fraction of sp³-hybridized carbons (Fsp3) is 0.125. The van der Waals surface area contributed by atoms with Gasteiger partial charge in [-0.15, -0.1) is 0 Å². The normalized spacial score (nSPS) is 10.2. The summed E-state index contributed by atoms with van der Waals surface area (Å²) in [4.78, 5) is 12.6. The first-order valence-corrected chi connectivity index (χ1v) is 7.56. The lowest BCUT2D eigenvalue weighted by Gasteiger charge is -2.11. The highest BCUT2D eigenvalue weighted by molar-refractivity contribution is 9.10. The number of nitrogens with two attached hydrogens (primary N) is 1. The van der Waals surface area contributed by atoms with Gasteiger partial charge in [0.25, 0.3) is 5.91 Å². The minimum atomic E-state index is -0.186. The molecule has 108 valence electrons. The van der Waals surface area contributed by atoms with Crippen molar-refractivity contribution in [2.75, 3.05) is 5.32 Å². The number of hydrogen-bond acceptors (Lipinski definition) is 2. The predicted molar refractivity (Wildman–Crippen MR) is 93.9 cm³/mol. The number of carbonyl (C=O) groups is 1. The molecule has 5 heteroatoms. The lowest BCUT2D eigenvalue weighted by atomic mass is 10.1. The molecule has 2 rings (SSSR count). The van der Waals surface area contributed by atoms with Gasteiger partial charge in [-0.3, -0.25) is 4.79 Å². The number of amides is 1. The maximum absolute atomic E-state index is 12.4. The molecule has 0 aliphatic rings. The van der Waals surface area contributed by atoms with E-state index in [9.17, 15) is 4.79 Å². The Morgan fingerprint density at radius 3 is 2.48 bits per heavy atom. The number of halogens is 1. The van der Waals surface area contributed by atoms with Crippen LogP contribution in [0.4, 0.5) is 5.69 Å². The summed E-state index contributed by atoms with van der Waals surface area (Å²) in [5.74, 6) is -0.186. The molecule has 0 bridgehead atoms. The van der Waals surface area contributed by atoms with Gasteiger partial charge in [0.2, 0.25) is 0 Å². The first-order valence-electron chi connectivity index (χ1n) is 6.36. The molecule has 0 saturated carbocycles. The van der Waals surface area contributed by atoms with Crippen LogP contribution in [0.2, 0.25) is 0 Å². The second kappa shape index (κ2) is 6.37. The largest absolute Gasteiger partial charge is 0.389 e. The SMILES string of the molecule is Cc1ccc(C(=O)Nc2cc(Br)ccc2C(N)=S)cc1C. The Kier molecular flexibility index (Phi) is 4.75. The van der Waals surface area contributed by atoms with E-state index in [0.717, 1.165) is 15.6 Å². The predicted octanol–water partition coefficient (Wildman–Crippen LogP) is 3.95. The Morgan fingerprint density at radius 2 is 1.86 bits per heavy atom. The first-order chi connectivity index (χ1) is 9.88. The molecule has 0 aromatic heterocycles. The number of benzene rings is 2. The minimum absolute atomic E-state index is 0.186. The second-order valence-corrected chi connectivity index (χ2v) is 6.16. The van der Waals surface area contributed by atoms with Crippen LogP contribution in [0, 0.1) is 13.8 Å². The third-order valence-electron chi connectivity index (χ3n) is 3.26. The Bertz CT molecular complexity index is 728. The van der Waals surface area contributed by atoms with E-state index in [1.165, 1.54) is 0 Å². The van der Waals surface area contributed by atoms with E-state index in [1.54, 1.807) is 18.2 Å². The highest BCUT2D eigenvalue weighted by Crippen LogP contribution is 2.22. The maximum atomic E-state index is 12.4. The van der Waals surface area contributed by atoms with E-state index in [4.69, 9.17) is 18.0 Å². The van der Waals surface area contributed by atoms with Crippen molar-refractivity contribution in [2.45, 2.75) is 13.8 Å². The Balaban J connectivity index is 2.33. The number of hydrogen-bond donors (Lipinski definition) is 2. The molecule has 0 atom stereocenters. The van der Waals surface area contributed by atoms with Gasteiger partial charge in [-0.2, -0.15) is 0 Å². The van der Waals surface area contributed by atoms with Crippen LogP contribution in [-0.4, -0.2) is 10.9 Å². The van der Waals surface area contributed by atoms with E-state index >= 15 is 0 Å². The molecule has 3 nitrogen and oxygen atoms in total. The monoisotopic (exact) mass is 362 g/mol. The summed E-state index contributed by atoms with van der Waals surface area (Å²) in [6.45, 7) is 3.99. The van der Waals surface area contributed by atoms with Crippen molar-refractivity contribution in [3.63, 3.8) is 0 Å². The maximum Gasteiger partial charge on any atom is 0.255 e. The summed E-state index contributed by atoms with van der Waals surface area (Å²) in [7, 11) is 0. The lowest BCUT2D eigenvalue weighted by Crippen LogP contribution is -2.17. The van der Waals surface area contributed by atoms with Crippen molar-refractivity contribution in [3.8, 4) is 0 Å². The van der Waals surface area contributed by atoms with Gasteiger partial charge in [-0.25, -0.2) is 0 Å². The van der Waals surface area contributed by atoms with Crippen molar-refractivity contribution in [1.82, 2.24) is 0 Å². The van der Waals surface area contributed by atoms with Gasteiger partial charge in [-0.1, -0.05) is 34.2 Å². The molecule has 0 unspecified atom stereocenters. The smallest absolute Gasteiger partial charge is 0.255 e. The third-order valence-corrected chi connectivity index (χ3v) is 3.98. The molecule has 0 radical (unpaired) electrons. The van der Waals surface area contributed by atoms with E-state index in [1.807, 2.05) is 32.0 Å². The van der Waals surface area contributed by atoms with Gasteiger partial charge < -0.3 is 11.1 Å². The van der Waals surface area contributed by atoms with Crippen molar-refractivity contribution >= 4 is 44.7 Å². The van der Waals surface area contributed by atoms with Crippen LogP contribution in [0.15, 0.2) is 40.9 Å². The van der Waals surface area contributed by atoms with Crippen LogP contribution in [0.5, 0.6) is 0 Å². The van der Waals surface area contributed by atoms with Crippen molar-refractivity contribution in [2.24, 2.45) is 5.73 Å². The van der Waals surface area contributed by atoms with E-state index < -0.39 is 0 Å². The van der Waals surface area contributed by atoms with Crippen molar-refractivity contribution < 1.29 is 4.79 Å². The van der Waals surface area contributed by atoms with Gasteiger partial charge in [0.05, 0.1) is 5.69 Å². The molecule has 0 spiro atoms. The summed E-state index contributed by atoms with van der Waals surface area (Å²) in [6.07, 6.45) is 0. The summed E-state index contributed by atoms with van der Waals surface area (Å²) in [5.41, 5.74) is 9.76. The first kappa shape index (κ1) is 15.7. The van der Waals surface area contributed by atoms with E-state index in [-0.39, 0.29) is 10.9 Å². The van der Waals surface area contributed by atoms with Crippen LogP contribution in [0.25, 0.3) is 0 Å². The fourth-order valence-corrected chi connectivity index (χ4v) is 2.45. The molecule has 1 amide bonds. The number of aryl methyl sites for hydroxylation is 2. The molecule has 0 heterocycles. The Morgan fingerprint density at radius 1 is 1.14 bits per heavy atom. The zero-order valence-corrected chi connectivity index (χ0v) is 14.1. The number of rotatable bonds is 3. The molecule has 2 aromatic rings. The molecule has 0 aliphatic heterocycles. The number of thiocarbonyl (C=S) groups is 1. The highest BCUT2D eigenvalue weighted by Gasteiger charge is 2.11. The molecule has 0 saturated heterocycles. The zero-order chi connectivity index (χ0) is 15.6. The fourth-order valence-electron chi connectivity index (χ4n) is 1.91. The minimum Gasteiger partial charge on any atom is -0.389 e. The molecule has 0 aliphatic carbocycles. The van der Waals surface area contributed by atoms with E-state index in [0.29, 0.717) is 16.8 Å². The van der Waals surface area contributed by atoms with Gasteiger partial charge >= 0.3 is 0 Å². The highest BCUT2D eigenvalue weighted by atomic mass is 79.9. The van der Waals surface area contributed by atoms with Gasteiger partial charge in [0.1, 0.15) is 4.99 Å². The summed E-state index contributed by atoms with van der Waals surface area (Å²) in [6, 6.07) is 11.0. The zero-order valence-electron chi connectivity index (χ0n) is 11.7. The quantitative estimate of drug-likeness (QED) is 0.812. The van der Waals surface area contributed by atoms with Crippen LogP contribution in [-0.2, 0) is 0 Å². The third kappa shape index (κ3) is 3.68. The standard InChI is InChI=1S/C16H15BrN2OS/c1-9-3-4-11(7-10(9)2)16(20)19-14-8-12(17)5-6-13(14)15(18)21/h3-8H,1-2H3,(H2,18,21)(H,19,20). The van der Waals surface area contributed by atoms with Gasteiger partial charge in [-0.05, 0) is 55.3 Å². The van der Waals surface area contributed by atoms with Crippen LogP contribution < -0.4 is 11.1 Å². The molecule has 0 fully saturated rings. The molecule has 21 heavy (non-hydrogen) atoms. The van der Waals surface area contributed by atoms with Crippen LogP contribution >= 0.6 is 28.1 Å². The van der Waals surface area contributed by atoms with Crippen LogP contribution in [0.3, 0.4) is 0 Å². The average molecular weight is 363 g/mol. The van der Waals surface area contributed by atoms with Crippen LogP contribution in [0.1, 0.15) is 27.0 Å². The number of nitrogens with one attached hydrogen (secondary N) is 1. The van der Waals surface area contributed by atoms with Crippen molar-refractivity contribution in [1.29, 1.82) is 0 Å². The average Bonchev–Trinajstić information content (AvgIpc) is 2.41. The second-order valence-electron chi connectivity index (χ2n) is 4.81. The Labute approximate surface area is 137 Å². The number of anilines is 1. The van der Waals surface area contributed by atoms with Gasteiger partial charge in [0, 0.05) is 15.6 Å². The van der Waals surface area contributed by atoms with Crippen molar-refractivity contribution in [3.05, 3.63) is 63.1 Å². The van der Waals surface area contributed by atoms with E-state index in [2.05, 4.69) is 21.2 Å².